The Hall–Kier alpha value is -1.37. The molecule has 1 saturated heterocycles. The van der Waals surface area contributed by atoms with Crippen molar-refractivity contribution < 1.29 is 19.2 Å². The maximum atomic E-state index is 11.6. The average molecular weight is 347 g/mol. The molecule has 1 heterocycles. The van der Waals surface area contributed by atoms with Crippen LogP contribution in [0.25, 0.3) is 0 Å². The molecule has 0 bridgehead atoms. The third-order valence-electron chi connectivity index (χ3n) is 5.10. The first-order valence-corrected chi connectivity index (χ1v) is 9.06. The van der Waals surface area contributed by atoms with Crippen molar-refractivity contribution in [1.82, 2.24) is 5.32 Å². The molecular weight excluding hydrogens is 317 g/mol. The lowest BCUT2D eigenvalue weighted by Gasteiger charge is -2.32. The van der Waals surface area contributed by atoms with Crippen LogP contribution < -0.4 is 10.8 Å². The van der Waals surface area contributed by atoms with E-state index in [1.54, 1.807) is 0 Å². The van der Waals surface area contributed by atoms with Gasteiger partial charge in [0.1, 0.15) is 0 Å². The number of unbranched alkanes of at least 4 members (excludes halogenated alkanes) is 1. The van der Waals surface area contributed by atoms with Crippen LogP contribution in [-0.2, 0) is 14.1 Å². The zero-order valence-corrected chi connectivity index (χ0v) is 16.0. The van der Waals surface area contributed by atoms with Crippen molar-refractivity contribution >= 4 is 18.5 Å². The number of rotatable bonds is 7. The van der Waals surface area contributed by atoms with Gasteiger partial charge in [0.25, 0.3) is 0 Å². The van der Waals surface area contributed by atoms with E-state index in [1.165, 1.54) is 0 Å². The van der Waals surface area contributed by atoms with Gasteiger partial charge in [-0.15, -0.1) is 0 Å². The highest BCUT2D eigenvalue weighted by molar-refractivity contribution is 6.62. The van der Waals surface area contributed by atoms with Gasteiger partial charge < -0.3 is 19.7 Å². The van der Waals surface area contributed by atoms with Gasteiger partial charge in [0, 0.05) is 13.0 Å². The molecule has 0 radical (unpaired) electrons. The van der Waals surface area contributed by atoms with Gasteiger partial charge in [0.2, 0.25) is 5.91 Å². The van der Waals surface area contributed by atoms with E-state index in [4.69, 9.17) is 9.31 Å². The number of aliphatic hydroxyl groups is 1. The Kier molecular flexibility index (Phi) is 6.30. The highest BCUT2D eigenvalue weighted by atomic mass is 16.7. The summed E-state index contributed by atoms with van der Waals surface area (Å²) < 4.78 is 12.1. The van der Waals surface area contributed by atoms with E-state index in [0.29, 0.717) is 6.42 Å². The minimum absolute atomic E-state index is 0.0188. The van der Waals surface area contributed by atoms with Crippen LogP contribution in [0.3, 0.4) is 0 Å². The first kappa shape index (κ1) is 20.0. The lowest BCUT2D eigenvalue weighted by atomic mass is 9.78. The molecular formula is C19H30BNO4. The Balaban J connectivity index is 1.93. The number of carbonyl (C=O) groups is 1. The molecule has 0 aromatic heterocycles. The van der Waals surface area contributed by atoms with Crippen molar-refractivity contribution in [3.63, 3.8) is 0 Å². The normalized spacial score (nSPS) is 19.7. The van der Waals surface area contributed by atoms with Crippen LogP contribution in [0.15, 0.2) is 24.3 Å². The third kappa shape index (κ3) is 4.84. The minimum atomic E-state index is -0.724. The molecule has 25 heavy (non-hydrogen) atoms. The smallest absolute Gasteiger partial charge is 0.399 e. The highest BCUT2D eigenvalue weighted by Crippen LogP contribution is 2.36. The molecule has 0 spiro atoms. The molecule has 0 saturated carbocycles. The summed E-state index contributed by atoms with van der Waals surface area (Å²) in [5.41, 5.74) is 0.926. The zero-order chi connectivity index (χ0) is 18.7. The Morgan fingerprint density at radius 2 is 1.72 bits per heavy atom. The number of benzene rings is 1. The van der Waals surface area contributed by atoms with E-state index in [2.05, 4.69) is 5.32 Å². The largest absolute Gasteiger partial charge is 0.494 e. The second kappa shape index (κ2) is 7.89. The van der Waals surface area contributed by atoms with E-state index in [-0.39, 0.29) is 23.7 Å². The van der Waals surface area contributed by atoms with Crippen LogP contribution in [0.2, 0.25) is 0 Å². The fourth-order valence-electron chi connectivity index (χ4n) is 2.61. The Labute approximate surface area is 151 Å². The summed E-state index contributed by atoms with van der Waals surface area (Å²) in [5.74, 6) is -0.0188. The molecule has 1 unspecified atom stereocenters. The van der Waals surface area contributed by atoms with E-state index in [0.717, 1.165) is 23.9 Å². The van der Waals surface area contributed by atoms with Crippen molar-refractivity contribution in [3.05, 3.63) is 29.8 Å². The molecule has 1 aromatic carbocycles. The monoisotopic (exact) mass is 347 g/mol. The predicted molar refractivity (Wildman–Crippen MR) is 99.7 cm³/mol. The number of carbonyl (C=O) groups excluding carboxylic acids is 1. The lowest BCUT2D eigenvalue weighted by Crippen LogP contribution is -2.41. The van der Waals surface area contributed by atoms with E-state index < -0.39 is 13.2 Å². The second-order valence-electron chi connectivity index (χ2n) is 7.68. The maximum Gasteiger partial charge on any atom is 0.494 e. The summed E-state index contributed by atoms with van der Waals surface area (Å²) in [5, 5.41) is 13.0. The molecule has 1 aromatic rings. The highest BCUT2D eigenvalue weighted by Gasteiger charge is 2.51. The van der Waals surface area contributed by atoms with Crippen LogP contribution in [-0.4, -0.2) is 35.9 Å². The molecule has 0 aliphatic carbocycles. The van der Waals surface area contributed by atoms with Gasteiger partial charge in [-0.3, -0.25) is 4.79 Å². The van der Waals surface area contributed by atoms with Gasteiger partial charge >= 0.3 is 7.12 Å². The third-order valence-corrected chi connectivity index (χ3v) is 5.10. The Morgan fingerprint density at radius 3 is 2.24 bits per heavy atom. The molecule has 1 aliphatic rings. The quantitative estimate of drug-likeness (QED) is 0.743. The van der Waals surface area contributed by atoms with Crippen LogP contribution in [0, 0.1) is 0 Å². The van der Waals surface area contributed by atoms with Crippen molar-refractivity contribution in [2.75, 3.05) is 6.54 Å². The maximum absolute atomic E-state index is 11.6. The zero-order valence-electron chi connectivity index (χ0n) is 16.0. The van der Waals surface area contributed by atoms with Crippen LogP contribution in [0.5, 0.6) is 0 Å². The van der Waals surface area contributed by atoms with Gasteiger partial charge in [0.15, 0.2) is 0 Å². The summed E-state index contributed by atoms with van der Waals surface area (Å²) in [7, 11) is -0.412. The number of hydrogen-bond donors (Lipinski definition) is 2. The number of aliphatic hydroxyl groups excluding tert-OH is 1. The van der Waals surface area contributed by atoms with E-state index in [9.17, 15) is 9.90 Å². The molecule has 5 nitrogen and oxygen atoms in total. The Morgan fingerprint density at radius 1 is 1.16 bits per heavy atom. The fraction of sp³-hybridized carbons (Fsp3) is 0.632. The summed E-state index contributed by atoms with van der Waals surface area (Å²) in [6.45, 7) is 10.3. The molecule has 1 atom stereocenters. The number of nitrogens with one attached hydrogen (secondary N) is 1. The first-order valence-electron chi connectivity index (χ1n) is 9.06. The molecule has 2 rings (SSSR count). The number of amides is 1. The molecule has 6 heteroatoms. The summed E-state index contributed by atoms with van der Waals surface area (Å²) in [4.78, 5) is 11.6. The predicted octanol–water partition coefficient (Wildman–Crippen LogP) is 2.33. The second-order valence-corrected chi connectivity index (χ2v) is 7.68. The van der Waals surface area contributed by atoms with Gasteiger partial charge in [-0.2, -0.15) is 0 Å². The van der Waals surface area contributed by atoms with E-state index in [1.807, 2.05) is 58.9 Å². The van der Waals surface area contributed by atoms with Gasteiger partial charge in [-0.1, -0.05) is 37.6 Å². The Bertz CT molecular complexity index is 570. The van der Waals surface area contributed by atoms with Crippen molar-refractivity contribution in [3.8, 4) is 0 Å². The molecule has 2 N–H and O–H groups in total. The summed E-state index contributed by atoms with van der Waals surface area (Å²) in [6.07, 6.45) is 1.63. The fourth-order valence-corrected chi connectivity index (χ4v) is 2.61. The molecule has 1 amide bonds. The molecule has 138 valence electrons. The minimum Gasteiger partial charge on any atom is -0.399 e. The van der Waals surface area contributed by atoms with Gasteiger partial charge in [0.05, 0.1) is 17.3 Å². The van der Waals surface area contributed by atoms with Gasteiger partial charge in [-0.05, 0) is 45.1 Å². The van der Waals surface area contributed by atoms with Crippen molar-refractivity contribution in [2.24, 2.45) is 0 Å². The molecule has 1 fully saturated rings. The standard InChI is InChI=1S/C19H30BNO4/c1-6-7-8-17(23)21-13-16(22)14-9-11-15(12-10-14)20-24-18(2,3)19(4,5)25-20/h9-12,16,22H,6-8,13H2,1-5H3,(H,21,23). The SMILES string of the molecule is CCCCC(=O)NCC(O)c1ccc(B2OC(C)(C)C(C)(C)O2)cc1. The first-order chi connectivity index (χ1) is 11.7. The van der Waals surface area contributed by atoms with Crippen molar-refractivity contribution in [1.29, 1.82) is 0 Å². The number of hydrogen-bond acceptors (Lipinski definition) is 4. The van der Waals surface area contributed by atoms with Gasteiger partial charge in [-0.25, -0.2) is 0 Å². The van der Waals surface area contributed by atoms with Crippen LogP contribution in [0.1, 0.15) is 65.5 Å². The summed E-state index contributed by atoms with van der Waals surface area (Å²) >= 11 is 0. The van der Waals surface area contributed by atoms with Crippen LogP contribution >= 0.6 is 0 Å². The van der Waals surface area contributed by atoms with Crippen molar-refractivity contribution in [2.45, 2.75) is 71.2 Å². The molecule has 1 aliphatic heterocycles. The lowest BCUT2D eigenvalue weighted by molar-refractivity contribution is -0.121. The average Bonchev–Trinajstić information content (AvgIpc) is 2.78. The topological polar surface area (TPSA) is 67.8 Å². The summed E-state index contributed by atoms with van der Waals surface area (Å²) in [6, 6.07) is 7.51. The van der Waals surface area contributed by atoms with Crippen LogP contribution in [0.4, 0.5) is 0 Å². The van der Waals surface area contributed by atoms with E-state index >= 15 is 0 Å².